The molecule has 17 heavy (non-hydrogen) atoms. The molecule has 1 heterocycles. The molecule has 0 aromatic heterocycles. The van der Waals surface area contributed by atoms with Gasteiger partial charge in [-0.05, 0) is 68.9 Å². The Labute approximate surface area is 108 Å². The number of hydrogen-bond acceptors (Lipinski definition) is 1. The lowest BCUT2D eigenvalue weighted by Gasteiger charge is -2.43. The molecule has 0 spiro atoms. The van der Waals surface area contributed by atoms with Gasteiger partial charge in [0.2, 0.25) is 0 Å². The highest BCUT2D eigenvalue weighted by Crippen LogP contribution is 2.36. The van der Waals surface area contributed by atoms with Crippen LogP contribution in [0.15, 0.2) is 0 Å². The van der Waals surface area contributed by atoms with Gasteiger partial charge in [-0.3, -0.25) is 0 Å². The smallest absolute Gasteiger partial charge is 0.00954 e. The number of rotatable bonds is 1. The van der Waals surface area contributed by atoms with E-state index >= 15 is 0 Å². The molecule has 2 aliphatic rings. The van der Waals surface area contributed by atoms with Crippen LogP contribution in [0.1, 0.15) is 66.2 Å². The summed E-state index contributed by atoms with van der Waals surface area (Å²) in [6.45, 7) is 12.4. The average molecular weight is 237 g/mol. The summed E-state index contributed by atoms with van der Waals surface area (Å²) >= 11 is 0. The van der Waals surface area contributed by atoms with E-state index in [1.165, 1.54) is 51.6 Å². The van der Waals surface area contributed by atoms with E-state index in [-0.39, 0.29) is 0 Å². The molecule has 1 aliphatic carbocycles. The molecule has 0 bridgehead atoms. The first-order chi connectivity index (χ1) is 7.97. The molecule has 1 nitrogen and oxygen atoms in total. The predicted octanol–water partition coefficient (Wildman–Crippen LogP) is 4.32. The van der Waals surface area contributed by atoms with Crippen molar-refractivity contribution in [1.29, 1.82) is 0 Å². The van der Waals surface area contributed by atoms with Crippen LogP contribution in [0.4, 0.5) is 0 Å². The molecule has 1 heteroatoms. The van der Waals surface area contributed by atoms with Crippen LogP contribution >= 0.6 is 0 Å². The zero-order valence-corrected chi connectivity index (χ0v) is 12.3. The van der Waals surface area contributed by atoms with Crippen molar-refractivity contribution in [1.82, 2.24) is 4.90 Å². The van der Waals surface area contributed by atoms with Crippen molar-refractivity contribution in [2.75, 3.05) is 13.1 Å². The van der Waals surface area contributed by atoms with E-state index in [4.69, 9.17) is 0 Å². The van der Waals surface area contributed by atoms with Gasteiger partial charge in [-0.15, -0.1) is 0 Å². The first kappa shape index (κ1) is 13.4. The highest BCUT2D eigenvalue weighted by Gasteiger charge is 2.32. The fraction of sp³-hybridized carbons (Fsp3) is 1.00. The van der Waals surface area contributed by atoms with Gasteiger partial charge in [0, 0.05) is 6.04 Å². The Bertz CT molecular complexity index is 224. The third-order valence-corrected chi connectivity index (χ3v) is 5.26. The van der Waals surface area contributed by atoms with Crippen molar-refractivity contribution in [3.05, 3.63) is 0 Å². The van der Waals surface area contributed by atoms with Crippen molar-refractivity contribution in [3.63, 3.8) is 0 Å². The van der Waals surface area contributed by atoms with Gasteiger partial charge < -0.3 is 4.90 Å². The molecule has 0 atom stereocenters. The van der Waals surface area contributed by atoms with Crippen LogP contribution in [-0.4, -0.2) is 24.0 Å². The molecule has 1 aliphatic heterocycles. The van der Waals surface area contributed by atoms with Gasteiger partial charge in [-0.2, -0.15) is 0 Å². The summed E-state index contributed by atoms with van der Waals surface area (Å²) in [6.07, 6.45) is 8.70. The fourth-order valence-electron chi connectivity index (χ4n) is 3.74. The van der Waals surface area contributed by atoms with Crippen molar-refractivity contribution in [2.45, 2.75) is 72.3 Å². The van der Waals surface area contributed by atoms with E-state index in [1.807, 2.05) is 0 Å². The molecule has 1 saturated heterocycles. The van der Waals surface area contributed by atoms with Crippen molar-refractivity contribution in [2.24, 2.45) is 17.3 Å². The van der Waals surface area contributed by atoms with Crippen LogP contribution in [0, 0.1) is 17.3 Å². The molecule has 0 amide bonds. The predicted molar refractivity (Wildman–Crippen MR) is 75.2 cm³/mol. The van der Waals surface area contributed by atoms with Crippen LogP contribution in [0.25, 0.3) is 0 Å². The lowest BCUT2D eigenvalue weighted by atomic mass is 9.74. The number of piperidine rings is 1. The molecule has 2 rings (SSSR count). The van der Waals surface area contributed by atoms with E-state index in [9.17, 15) is 0 Å². The quantitative estimate of drug-likeness (QED) is 0.656. The molecule has 0 radical (unpaired) electrons. The Morgan fingerprint density at radius 2 is 1.35 bits per heavy atom. The van der Waals surface area contributed by atoms with E-state index in [0.29, 0.717) is 5.41 Å². The molecule has 2 fully saturated rings. The van der Waals surface area contributed by atoms with Gasteiger partial charge in [0.25, 0.3) is 0 Å². The summed E-state index contributed by atoms with van der Waals surface area (Å²) in [7, 11) is 0. The number of likely N-dealkylation sites (tertiary alicyclic amines) is 1. The standard InChI is InChI=1S/C16H31N/c1-13-5-7-15(8-6-13)17-11-9-14(10-12-17)16(2,3)4/h13-15H,5-12H2,1-4H3. The van der Waals surface area contributed by atoms with Crippen LogP contribution < -0.4 is 0 Å². The van der Waals surface area contributed by atoms with E-state index in [2.05, 4.69) is 32.6 Å². The molecule has 0 N–H and O–H groups in total. The molecule has 1 saturated carbocycles. The Kier molecular flexibility index (Phi) is 4.18. The normalized spacial score (nSPS) is 33.9. The Hall–Kier alpha value is -0.0400. The maximum Gasteiger partial charge on any atom is 0.00954 e. The topological polar surface area (TPSA) is 3.24 Å². The largest absolute Gasteiger partial charge is 0.300 e. The van der Waals surface area contributed by atoms with Gasteiger partial charge in [0.05, 0.1) is 0 Å². The average Bonchev–Trinajstić information content (AvgIpc) is 2.29. The highest BCUT2D eigenvalue weighted by atomic mass is 15.2. The minimum atomic E-state index is 0.521. The van der Waals surface area contributed by atoms with E-state index in [0.717, 1.165) is 17.9 Å². The van der Waals surface area contributed by atoms with Crippen molar-refractivity contribution < 1.29 is 0 Å². The van der Waals surface area contributed by atoms with Gasteiger partial charge >= 0.3 is 0 Å². The highest BCUT2D eigenvalue weighted by molar-refractivity contribution is 4.85. The maximum atomic E-state index is 2.80. The molecule has 0 aromatic carbocycles. The van der Waals surface area contributed by atoms with Crippen LogP contribution in [0.5, 0.6) is 0 Å². The second-order valence-electron chi connectivity index (χ2n) is 7.59. The third kappa shape index (κ3) is 3.47. The summed E-state index contributed by atoms with van der Waals surface area (Å²) in [5.74, 6) is 1.93. The van der Waals surface area contributed by atoms with Crippen molar-refractivity contribution in [3.8, 4) is 0 Å². The lowest BCUT2D eigenvalue weighted by molar-refractivity contribution is 0.0627. The Morgan fingerprint density at radius 1 is 0.824 bits per heavy atom. The minimum absolute atomic E-state index is 0.521. The summed E-state index contributed by atoms with van der Waals surface area (Å²) in [5.41, 5.74) is 0.521. The van der Waals surface area contributed by atoms with E-state index < -0.39 is 0 Å². The fourth-order valence-corrected chi connectivity index (χ4v) is 3.74. The van der Waals surface area contributed by atoms with Gasteiger partial charge in [0.1, 0.15) is 0 Å². The molecular formula is C16H31N. The van der Waals surface area contributed by atoms with E-state index in [1.54, 1.807) is 0 Å². The first-order valence-corrected chi connectivity index (χ1v) is 7.71. The Balaban J connectivity index is 1.79. The number of hydrogen-bond donors (Lipinski definition) is 0. The van der Waals surface area contributed by atoms with Crippen LogP contribution in [0.2, 0.25) is 0 Å². The number of nitrogens with zero attached hydrogens (tertiary/aromatic N) is 1. The maximum absolute atomic E-state index is 2.80. The molecular weight excluding hydrogens is 206 g/mol. The second-order valence-corrected chi connectivity index (χ2v) is 7.59. The third-order valence-electron chi connectivity index (χ3n) is 5.26. The molecule has 0 aromatic rings. The summed E-state index contributed by atoms with van der Waals surface area (Å²) < 4.78 is 0. The lowest BCUT2D eigenvalue weighted by Crippen LogP contribution is -2.44. The van der Waals surface area contributed by atoms with Gasteiger partial charge in [-0.25, -0.2) is 0 Å². The minimum Gasteiger partial charge on any atom is -0.300 e. The zero-order valence-electron chi connectivity index (χ0n) is 12.3. The summed E-state index contributed by atoms with van der Waals surface area (Å²) in [4.78, 5) is 2.80. The van der Waals surface area contributed by atoms with Gasteiger partial charge in [-0.1, -0.05) is 27.7 Å². The second kappa shape index (κ2) is 5.30. The zero-order chi connectivity index (χ0) is 12.5. The Morgan fingerprint density at radius 3 is 1.82 bits per heavy atom. The molecule has 100 valence electrons. The first-order valence-electron chi connectivity index (χ1n) is 7.71. The summed E-state index contributed by atoms with van der Waals surface area (Å²) in [6, 6.07) is 0.923. The van der Waals surface area contributed by atoms with Crippen LogP contribution in [0.3, 0.4) is 0 Å². The molecule has 0 unspecified atom stereocenters. The van der Waals surface area contributed by atoms with Crippen molar-refractivity contribution >= 4 is 0 Å². The SMILES string of the molecule is CC1CCC(N2CCC(C(C)(C)C)CC2)CC1. The monoisotopic (exact) mass is 237 g/mol. The van der Waals surface area contributed by atoms with Gasteiger partial charge in [0.15, 0.2) is 0 Å². The van der Waals surface area contributed by atoms with Crippen LogP contribution in [-0.2, 0) is 0 Å². The summed E-state index contributed by atoms with van der Waals surface area (Å²) in [5, 5.41) is 0.